The Morgan fingerprint density at radius 2 is 1.57 bits per heavy atom. The number of carbonyl (C=O) groups excluding carboxylic acids is 2. The lowest BCUT2D eigenvalue weighted by Crippen LogP contribution is -2.40. The van der Waals surface area contributed by atoms with Gasteiger partial charge in [-0.15, -0.1) is 0 Å². The lowest BCUT2D eigenvalue weighted by Gasteiger charge is -2.18. The highest BCUT2D eigenvalue weighted by atomic mass is 16.2. The number of carbonyl (C=O) groups is 2. The summed E-state index contributed by atoms with van der Waals surface area (Å²) in [6.07, 6.45) is 1.52. The van der Waals surface area contributed by atoms with E-state index >= 15 is 0 Å². The van der Waals surface area contributed by atoms with Crippen molar-refractivity contribution in [3.8, 4) is 0 Å². The number of aromatic nitrogens is 2. The molecule has 1 aromatic heterocycles. The number of nitrogens with zero attached hydrogens (tertiary/aromatic N) is 2. The molecule has 8 heteroatoms. The molecule has 176 valence electrons. The van der Waals surface area contributed by atoms with Crippen LogP contribution in [0.4, 0.5) is 0 Å². The minimum Gasteiger partial charge on any atom is -0.335 e. The quantitative estimate of drug-likeness (QED) is 0.284. The summed E-state index contributed by atoms with van der Waals surface area (Å²) in [6, 6.07) is 21.9. The summed E-state index contributed by atoms with van der Waals surface area (Å²) in [5.41, 5.74) is 4.70. The Labute approximate surface area is 202 Å². The average molecular weight is 468 g/mol. The summed E-state index contributed by atoms with van der Waals surface area (Å²) in [7, 11) is 0. The topological polar surface area (TPSA) is 116 Å². The molecule has 0 saturated carbocycles. The highest BCUT2D eigenvalue weighted by Crippen LogP contribution is 2.20. The van der Waals surface area contributed by atoms with Crippen LogP contribution in [0.1, 0.15) is 53.0 Å². The van der Waals surface area contributed by atoms with E-state index in [1.807, 2.05) is 24.3 Å². The van der Waals surface area contributed by atoms with E-state index in [4.69, 9.17) is 0 Å². The molecular weight excluding hydrogens is 442 g/mol. The highest BCUT2D eigenvalue weighted by molar-refractivity contribution is 5.99. The maximum Gasteiger partial charge on any atom is 0.272 e. The van der Waals surface area contributed by atoms with Gasteiger partial charge in [-0.05, 0) is 35.2 Å². The molecule has 0 spiro atoms. The second kappa shape index (κ2) is 10.6. The number of H-pyrrole nitrogens is 1. The van der Waals surface area contributed by atoms with Crippen LogP contribution in [0.25, 0.3) is 10.8 Å². The number of fused-ring (bicyclic) bond motifs is 1. The first-order valence-electron chi connectivity index (χ1n) is 11.2. The Balaban J connectivity index is 1.62. The van der Waals surface area contributed by atoms with Crippen LogP contribution in [0.5, 0.6) is 0 Å². The van der Waals surface area contributed by atoms with Crippen molar-refractivity contribution in [2.24, 2.45) is 5.10 Å². The summed E-state index contributed by atoms with van der Waals surface area (Å²) in [5.74, 6) is -0.653. The molecule has 4 aromatic rings. The molecule has 0 fully saturated rings. The van der Waals surface area contributed by atoms with Gasteiger partial charge in [0.1, 0.15) is 5.69 Å². The van der Waals surface area contributed by atoms with Crippen molar-refractivity contribution in [2.75, 3.05) is 0 Å². The van der Waals surface area contributed by atoms with Gasteiger partial charge in [0.05, 0.1) is 11.6 Å². The number of hydrazone groups is 1. The maximum absolute atomic E-state index is 13.2. The molecule has 3 aromatic carbocycles. The zero-order valence-electron chi connectivity index (χ0n) is 19.4. The second-order valence-corrected chi connectivity index (χ2v) is 8.31. The number of rotatable bonds is 7. The van der Waals surface area contributed by atoms with E-state index in [9.17, 15) is 14.4 Å². The number of benzene rings is 3. The molecule has 2 amide bonds. The van der Waals surface area contributed by atoms with Crippen molar-refractivity contribution >= 4 is 28.8 Å². The Morgan fingerprint density at radius 3 is 2.26 bits per heavy atom. The Morgan fingerprint density at radius 1 is 0.914 bits per heavy atom. The molecule has 0 aliphatic rings. The SMILES string of the molecule is CC(C)c1ccc(/C=N/NC(=O)[C@@H](NC(=O)c2ccccc2)c2n[nH]c(=O)c3ccccc23)cc1. The fraction of sp³-hybridized carbons (Fsp3) is 0.148. The maximum atomic E-state index is 13.2. The van der Waals surface area contributed by atoms with Crippen molar-refractivity contribution in [3.05, 3.63) is 112 Å². The number of aromatic amines is 1. The first-order valence-corrected chi connectivity index (χ1v) is 11.2. The summed E-state index contributed by atoms with van der Waals surface area (Å²) in [4.78, 5) is 38.3. The molecule has 0 saturated heterocycles. The van der Waals surface area contributed by atoms with E-state index < -0.39 is 17.9 Å². The normalized spacial score (nSPS) is 12.1. The van der Waals surface area contributed by atoms with Crippen molar-refractivity contribution in [3.63, 3.8) is 0 Å². The molecule has 1 heterocycles. The monoisotopic (exact) mass is 467 g/mol. The van der Waals surface area contributed by atoms with E-state index in [1.165, 1.54) is 11.8 Å². The predicted octanol–water partition coefficient (Wildman–Crippen LogP) is 3.67. The van der Waals surface area contributed by atoms with Gasteiger partial charge in [-0.25, -0.2) is 10.5 Å². The molecule has 0 unspecified atom stereocenters. The zero-order valence-corrected chi connectivity index (χ0v) is 19.4. The van der Waals surface area contributed by atoms with Crippen LogP contribution < -0.4 is 16.3 Å². The molecular formula is C27H25N5O3. The van der Waals surface area contributed by atoms with E-state index in [2.05, 4.69) is 39.9 Å². The highest BCUT2D eigenvalue weighted by Gasteiger charge is 2.27. The van der Waals surface area contributed by atoms with E-state index in [-0.39, 0.29) is 11.3 Å². The third-order valence-electron chi connectivity index (χ3n) is 5.56. The Hall–Kier alpha value is -4.59. The number of hydrogen-bond acceptors (Lipinski definition) is 5. The molecule has 8 nitrogen and oxygen atoms in total. The van der Waals surface area contributed by atoms with Gasteiger partial charge in [-0.1, -0.05) is 74.5 Å². The molecule has 0 radical (unpaired) electrons. The molecule has 1 atom stereocenters. The van der Waals surface area contributed by atoms with Crippen molar-refractivity contribution < 1.29 is 9.59 Å². The van der Waals surface area contributed by atoms with Gasteiger partial charge in [0.15, 0.2) is 6.04 Å². The van der Waals surface area contributed by atoms with Gasteiger partial charge in [-0.3, -0.25) is 14.4 Å². The summed E-state index contributed by atoms with van der Waals surface area (Å²) in [6.45, 7) is 4.23. The standard InChI is InChI=1S/C27H25N5O3/c1-17(2)19-14-12-18(13-15-19)16-28-31-27(35)24(29-25(33)20-8-4-3-5-9-20)23-21-10-6-7-11-22(21)26(34)32-30-23/h3-17,24H,1-2H3,(H,29,33)(H,31,35)(H,32,34)/b28-16+/t24-/m0/s1. The Bertz CT molecular complexity index is 1430. The van der Waals surface area contributed by atoms with Crippen LogP contribution >= 0.6 is 0 Å². The summed E-state index contributed by atoms with van der Waals surface area (Å²) >= 11 is 0. The first kappa shape index (κ1) is 23.6. The minimum atomic E-state index is -1.20. The van der Waals surface area contributed by atoms with Gasteiger partial charge in [0.25, 0.3) is 17.4 Å². The van der Waals surface area contributed by atoms with Crippen molar-refractivity contribution in [1.82, 2.24) is 20.9 Å². The van der Waals surface area contributed by atoms with Crippen molar-refractivity contribution in [2.45, 2.75) is 25.8 Å². The minimum absolute atomic E-state index is 0.207. The van der Waals surface area contributed by atoms with Crippen LogP contribution in [0.3, 0.4) is 0 Å². The number of amides is 2. The van der Waals surface area contributed by atoms with E-state index in [0.717, 1.165) is 5.56 Å². The van der Waals surface area contributed by atoms with Gasteiger partial charge >= 0.3 is 0 Å². The number of nitrogens with one attached hydrogen (secondary N) is 3. The molecule has 0 aliphatic heterocycles. The first-order chi connectivity index (χ1) is 16.9. The van der Waals surface area contributed by atoms with Crippen LogP contribution in [0, 0.1) is 0 Å². The predicted molar refractivity (Wildman–Crippen MR) is 135 cm³/mol. The van der Waals surface area contributed by atoms with Gasteiger partial charge in [0.2, 0.25) is 0 Å². The second-order valence-electron chi connectivity index (χ2n) is 8.31. The number of hydrogen-bond donors (Lipinski definition) is 3. The zero-order chi connectivity index (χ0) is 24.8. The largest absolute Gasteiger partial charge is 0.335 e. The third-order valence-corrected chi connectivity index (χ3v) is 5.56. The average Bonchev–Trinajstić information content (AvgIpc) is 2.88. The molecule has 0 aliphatic carbocycles. The van der Waals surface area contributed by atoms with Crippen LogP contribution in [-0.2, 0) is 4.79 Å². The molecule has 4 rings (SSSR count). The smallest absolute Gasteiger partial charge is 0.272 e. The lowest BCUT2D eigenvalue weighted by molar-refractivity contribution is -0.123. The summed E-state index contributed by atoms with van der Waals surface area (Å²) in [5, 5.41) is 14.1. The van der Waals surface area contributed by atoms with Crippen molar-refractivity contribution in [1.29, 1.82) is 0 Å². The van der Waals surface area contributed by atoms with E-state index in [1.54, 1.807) is 54.6 Å². The fourth-order valence-corrected chi connectivity index (χ4v) is 3.62. The van der Waals surface area contributed by atoms with Crippen LogP contribution in [0.15, 0.2) is 88.8 Å². The molecule has 0 bridgehead atoms. The molecule has 35 heavy (non-hydrogen) atoms. The lowest BCUT2D eigenvalue weighted by atomic mass is 10.0. The molecule has 3 N–H and O–H groups in total. The van der Waals surface area contributed by atoms with Gasteiger partial charge in [-0.2, -0.15) is 10.2 Å². The Kier molecular flexibility index (Phi) is 7.11. The third kappa shape index (κ3) is 5.50. The van der Waals surface area contributed by atoms with E-state index in [0.29, 0.717) is 22.3 Å². The van der Waals surface area contributed by atoms with Crippen LogP contribution in [-0.4, -0.2) is 28.2 Å². The van der Waals surface area contributed by atoms with Gasteiger partial charge < -0.3 is 5.32 Å². The van der Waals surface area contributed by atoms with Gasteiger partial charge in [0, 0.05) is 10.9 Å². The van der Waals surface area contributed by atoms with Crippen LogP contribution in [0.2, 0.25) is 0 Å². The summed E-state index contributed by atoms with van der Waals surface area (Å²) < 4.78 is 0. The fourth-order valence-electron chi connectivity index (χ4n) is 3.62.